The van der Waals surface area contributed by atoms with Gasteiger partial charge in [0, 0.05) is 24.2 Å². The van der Waals surface area contributed by atoms with Gasteiger partial charge >= 0.3 is 0 Å². The average Bonchev–Trinajstić information content (AvgIpc) is 2.78. The maximum atomic E-state index is 11.2. The molecule has 1 heterocycles. The molecule has 0 unspecified atom stereocenters. The van der Waals surface area contributed by atoms with Crippen LogP contribution < -0.4 is 15.8 Å². The van der Waals surface area contributed by atoms with E-state index in [-0.39, 0.29) is 5.60 Å². The molecule has 1 aliphatic rings. The summed E-state index contributed by atoms with van der Waals surface area (Å²) in [5, 5.41) is 3.32. The minimum Gasteiger partial charge on any atom is -0.487 e. The van der Waals surface area contributed by atoms with E-state index in [1.54, 1.807) is 12.1 Å². The van der Waals surface area contributed by atoms with Crippen molar-refractivity contribution in [2.45, 2.75) is 32.4 Å². The summed E-state index contributed by atoms with van der Waals surface area (Å²) in [6.45, 7) is 4.89. The van der Waals surface area contributed by atoms with E-state index in [1.165, 1.54) is 11.1 Å². The van der Waals surface area contributed by atoms with Crippen LogP contribution in [0.5, 0.6) is 5.75 Å². The number of rotatable bonds is 4. The first kappa shape index (κ1) is 14.4. The number of hydrogen-bond acceptors (Lipinski definition) is 3. The molecule has 0 atom stereocenters. The Bertz CT molecular complexity index is 723. The van der Waals surface area contributed by atoms with E-state index < -0.39 is 5.91 Å². The van der Waals surface area contributed by atoms with Gasteiger partial charge in [-0.2, -0.15) is 0 Å². The molecule has 0 fully saturated rings. The van der Waals surface area contributed by atoms with Crippen LogP contribution >= 0.6 is 0 Å². The van der Waals surface area contributed by atoms with E-state index in [4.69, 9.17) is 10.5 Å². The summed E-state index contributed by atoms with van der Waals surface area (Å²) in [5.74, 6) is 0.560. The number of primary amides is 1. The first-order valence-electron chi connectivity index (χ1n) is 7.37. The summed E-state index contributed by atoms with van der Waals surface area (Å²) in [7, 11) is 0. The first-order valence-corrected chi connectivity index (χ1v) is 7.37. The molecule has 4 heteroatoms. The predicted octanol–water partition coefficient (Wildman–Crippen LogP) is 3.11. The van der Waals surface area contributed by atoms with E-state index in [0.29, 0.717) is 12.1 Å². The monoisotopic (exact) mass is 296 g/mol. The Balaban J connectivity index is 1.70. The van der Waals surface area contributed by atoms with Gasteiger partial charge in [-0.15, -0.1) is 0 Å². The largest absolute Gasteiger partial charge is 0.487 e. The second kappa shape index (κ2) is 5.37. The quantitative estimate of drug-likeness (QED) is 0.911. The molecule has 0 bridgehead atoms. The maximum Gasteiger partial charge on any atom is 0.248 e. The van der Waals surface area contributed by atoms with Crippen molar-refractivity contribution >= 4 is 11.6 Å². The number of hydrogen-bond donors (Lipinski definition) is 2. The Morgan fingerprint density at radius 2 is 2.09 bits per heavy atom. The molecule has 0 spiro atoms. The Morgan fingerprint density at radius 3 is 2.86 bits per heavy atom. The normalized spacial score (nSPS) is 15.0. The van der Waals surface area contributed by atoms with Crippen molar-refractivity contribution < 1.29 is 9.53 Å². The molecular formula is C18H20N2O2. The summed E-state index contributed by atoms with van der Waals surface area (Å²) in [6, 6.07) is 13.5. The fourth-order valence-corrected chi connectivity index (χ4v) is 2.76. The Labute approximate surface area is 130 Å². The standard InChI is InChI=1S/C18H20N2O2/c1-18(2)10-14-8-12(6-7-16(14)22-18)11-20-15-5-3-4-13(9-15)17(19)21/h3-9,20H,10-11H2,1-2H3,(H2,19,21). The van der Waals surface area contributed by atoms with Gasteiger partial charge in [0.2, 0.25) is 5.91 Å². The van der Waals surface area contributed by atoms with Crippen LogP contribution in [0.15, 0.2) is 42.5 Å². The van der Waals surface area contributed by atoms with E-state index in [0.717, 1.165) is 17.9 Å². The van der Waals surface area contributed by atoms with Crippen LogP contribution in [0.3, 0.4) is 0 Å². The van der Waals surface area contributed by atoms with Crippen LogP contribution in [0.2, 0.25) is 0 Å². The highest BCUT2D eigenvalue weighted by Gasteiger charge is 2.29. The number of ether oxygens (including phenoxy) is 1. The van der Waals surface area contributed by atoms with Crippen molar-refractivity contribution in [2.24, 2.45) is 5.73 Å². The van der Waals surface area contributed by atoms with Crippen LogP contribution in [-0.2, 0) is 13.0 Å². The van der Waals surface area contributed by atoms with E-state index in [1.807, 2.05) is 18.2 Å². The van der Waals surface area contributed by atoms with Gasteiger partial charge in [0.15, 0.2) is 0 Å². The number of benzene rings is 2. The minimum absolute atomic E-state index is 0.121. The molecule has 2 aromatic rings. The van der Waals surface area contributed by atoms with Crippen LogP contribution in [0.25, 0.3) is 0 Å². The summed E-state index contributed by atoms with van der Waals surface area (Å²) in [5.41, 5.74) is 9.00. The topological polar surface area (TPSA) is 64.3 Å². The van der Waals surface area contributed by atoms with Crippen molar-refractivity contribution in [1.29, 1.82) is 0 Å². The zero-order chi connectivity index (χ0) is 15.7. The second-order valence-electron chi connectivity index (χ2n) is 6.28. The molecule has 114 valence electrons. The summed E-state index contributed by atoms with van der Waals surface area (Å²) in [4.78, 5) is 11.2. The number of amides is 1. The van der Waals surface area contributed by atoms with Gasteiger partial charge in [-0.05, 0) is 49.2 Å². The molecule has 3 rings (SSSR count). The highest BCUT2D eigenvalue weighted by atomic mass is 16.5. The molecule has 4 nitrogen and oxygen atoms in total. The second-order valence-corrected chi connectivity index (χ2v) is 6.28. The van der Waals surface area contributed by atoms with Crippen molar-refractivity contribution in [3.05, 3.63) is 59.2 Å². The number of carbonyl (C=O) groups is 1. The third kappa shape index (κ3) is 3.06. The number of nitrogens with two attached hydrogens (primary N) is 1. The van der Waals surface area contributed by atoms with Gasteiger partial charge in [0.05, 0.1) is 0 Å². The molecule has 0 saturated heterocycles. The Kier molecular flexibility index (Phi) is 3.53. The number of nitrogens with one attached hydrogen (secondary N) is 1. The molecule has 0 aliphatic carbocycles. The molecule has 0 radical (unpaired) electrons. The van der Waals surface area contributed by atoms with Gasteiger partial charge in [-0.1, -0.05) is 18.2 Å². The summed E-state index contributed by atoms with van der Waals surface area (Å²) < 4.78 is 5.88. The first-order chi connectivity index (χ1) is 10.4. The third-order valence-electron chi connectivity index (χ3n) is 3.77. The molecule has 22 heavy (non-hydrogen) atoms. The molecule has 1 amide bonds. The number of fused-ring (bicyclic) bond motifs is 1. The zero-order valence-electron chi connectivity index (χ0n) is 12.8. The lowest BCUT2D eigenvalue weighted by atomic mass is 10.0. The molecular weight excluding hydrogens is 276 g/mol. The van der Waals surface area contributed by atoms with E-state index >= 15 is 0 Å². The molecule has 0 saturated carbocycles. The average molecular weight is 296 g/mol. The zero-order valence-corrected chi connectivity index (χ0v) is 12.8. The molecule has 1 aliphatic heterocycles. The van der Waals surface area contributed by atoms with Gasteiger partial charge in [0.1, 0.15) is 11.4 Å². The van der Waals surface area contributed by atoms with Crippen molar-refractivity contribution in [3.8, 4) is 5.75 Å². The smallest absolute Gasteiger partial charge is 0.248 e. The van der Waals surface area contributed by atoms with Gasteiger partial charge in [0.25, 0.3) is 0 Å². The van der Waals surface area contributed by atoms with Crippen molar-refractivity contribution in [1.82, 2.24) is 0 Å². The lowest BCUT2D eigenvalue weighted by Crippen LogP contribution is -2.24. The van der Waals surface area contributed by atoms with E-state index in [9.17, 15) is 4.79 Å². The number of carbonyl (C=O) groups excluding carboxylic acids is 1. The molecule has 3 N–H and O–H groups in total. The summed E-state index contributed by atoms with van der Waals surface area (Å²) in [6.07, 6.45) is 0.924. The highest BCUT2D eigenvalue weighted by molar-refractivity contribution is 5.93. The Morgan fingerprint density at radius 1 is 1.27 bits per heavy atom. The lowest BCUT2D eigenvalue weighted by molar-refractivity contribution is 0.1000. The van der Waals surface area contributed by atoms with Gasteiger partial charge in [-0.25, -0.2) is 0 Å². The van der Waals surface area contributed by atoms with Crippen molar-refractivity contribution in [2.75, 3.05) is 5.32 Å². The van der Waals surface area contributed by atoms with Gasteiger partial charge in [-0.3, -0.25) is 4.79 Å². The fraction of sp³-hybridized carbons (Fsp3) is 0.278. The predicted molar refractivity (Wildman–Crippen MR) is 87.1 cm³/mol. The maximum absolute atomic E-state index is 11.2. The van der Waals surface area contributed by atoms with Crippen LogP contribution in [-0.4, -0.2) is 11.5 Å². The van der Waals surface area contributed by atoms with Crippen molar-refractivity contribution in [3.63, 3.8) is 0 Å². The van der Waals surface area contributed by atoms with E-state index in [2.05, 4.69) is 31.3 Å². The third-order valence-corrected chi connectivity index (χ3v) is 3.77. The lowest BCUT2D eigenvalue weighted by Gasteiger charge is -2.16. The summed E-state index contributed by atoms with van der Waals surface area (Å²) >= 11 is 0. The van der Waals surface area contributed by atoms with Crippen LogP contribution in [0, 0.1) is 0 Å². The molecule has 0 aromatic heterocycles. The molecule has 2 aromatic carbocycles. The fourth-order valence-electron chi connectivity index (χ4n) is 2.76. The van der Waals surface area contributed by atoms with Crippen LogP contribution in [0.4, 0.5) is 5.69 Å². The SMILES string of the molecule is CC1(C)Cc2cc(CNc3cccc(C(N)=O)c3)ccc2O1. The highest BCUT2D eigenvalue weighted by Crippen LogP contribution is 2.35. The number of anilines is 1. The van der Waals surface area contributed by atoms with Crippen LogP contribution in [0.1, 0.15) is 35.3 Å². The Hall–Kier alpha value is -2.49. The van der Waals surface area contributed by atoms with Gasteiger partial charge < -0.3 is 15.8 Å². The minimum atomic E-state index is -0.416.